The molecular formula is C74H85BrF4MgN4O13. The smallest absolute Gasteiger partial charge is 1.00 e. The number of halogens is 5. The van der Waals surface area contributed by atoms with Crippen LogP contribution in [0.1, 0.15) is 162 Å². The first-order valence-corrected chi connectivity index (χ1v) is 33.0. The van der Waals surface area contributed by atoms with E-state index in [0.717, 1.165) is 87.4 Å². The minimum atomic E-state index is -0.881. The molecule has 0 amide bonds. The quantitative estimate of drug-likeness (QED) is 0.0238. The molecule has 516 valence electrons. The Labute approximate surface area is 588 Å². The Hall–Kier alpha value is -6.64. The summed E-state index contributed by atoms with van der Waals surface area (Å²) in [7, 11) is 0. The van der Waals surface area contributed by atoms with Gasteiger partial charge in [-0.3, -0.25) is 24.4 Å². The van der Waals surface area contributed by atoms with Crippen molar-refractivity contribution in [3.05, 3.63) is 212 Å². The third-order valence-electron chi connectivity index (χ3n) is 18.1. The molecule has 23 heteroatoms. The van der Waals surface area contributed by atoms with Gasteiger partial charge in [-0.15, -0.1) is 12.1 Å². The number of hydrogen-bond acceptors (Lipinski definition) is 15. The van der Waals surface area contributed by atoms with Gasteiger partial charge in [-0.1, -0.05) is 48.5 Å². The number of oxazole rings is 2. The number of Topliss-reactive ketones (excluding diaryl/α,β-unsaturated/α-hetero) is 2. The number of aromatic amines is 2. The van der Waals surface area contributed by atoms with Gasteiger partial charge in [0.15, 0.2) is 22.7 Å². The average molecular weight is 1420 g/mol. The molecule has 8 aromatic rings. The van der Waals surface area contributed by atoms with Crippen molar-refractivity contribution in [1.82, 2.24) is 20.8 Å². The Morgan fingerprint density at radius 2 is 0.969 bits per heavy atom. The second kappa shape index (κ2) is 38.6. The minimum Gasteiger partial charge on any atom is -1.00 e. The van der Waals surface area contributed by atoms with Crippen molar-refractivity contribution >= 4 is 62.8 Å². The second-order valence-corrected chi connectivity index (χ2v) is 24.8. The maximum Gasteiger partial charge on any atom is 2.00 e. The van der Waals surface area contributed by atoms with E-state index in [4.69, 9.17) is 27.8 Å². The first-order valence-electron chi connectivity index (χ1n) is 33.0. The number of H-pyrrole nitrogens is 2. The van der Waals surface area contributed by atoms with E-state index in [9.17, 15) is 46.6 Å². The van der Waals surface area contributed by atoms with Crippen molar-refractivity contribution in [2.75, 3.05) is 39.5 Å². The van der Waals surface area contributed by atoms with E-state index < -0.39 is 22.9 Å². The third kappa shape index (κ3) is 24.6. The molecule has 0 radical (unpaired) electrons. The van der Waals surface area contributed by atoms with Gasteiger partial charge in [0, 0.05) is 76.7 Å². The summed E-state index contributed by atoms with van der Waals surface area (Å²) in [5.41, 5.74) is 9.78. The molecule has 0 unspecified atom stereocenters. The molecule has 97 heavy (non-hydrogen) atoms. The van der Waals surface area contributed by atoms with Gasteiger partial charge in [0.05, 0.1) is 43.1 Å². The van der Waals surface area contributed by atoms with E-state index in [1.807, 2.05) is 60.7 Å². The van der Waals surface area contributed by atoms with E-state index in [0.29, 0.717) is 130 Å². The monoisotopic (exact) mass is 1420 g/mol. The Bertz CT molecular complexity index is 3780. The summed E-state index contributed by atoms with van der Waals surface area (Å²) in [5.74, 6) is -1.18. The molecule has 14 rings (SSSR count). The molecule has 2 aliphatic heterocycles. The summed E-state index contributed by atoms with van der Waals surface area (Å²) in [6, 6.07) is 40.3. The van der Waals surface area contributed by atoms with Crippen molar-refractivity contribution in [1.29, 1.82) is 0 Å². The van der Waals surface area contributed by atoms with Crippen LogP contribution in [0, 0.1) is 29.3 Å². The number of carbonyl (C=O) groups is 3. The normalized spacial score (nSPS) is 19.0. The summed E-state index contributed by atoms with van der Waals surface area (Å²) in [6.45, 7) is 5.55. The summed E-state index contributed by atoms with van der Waals surface area (Å²) in [5, 5.41) is 14.3. The van der Waals surface area contributed by atoms with Crippen LogP contribution >= 0.6 is 0 Å². The number of fused-ring (bicyclic) bond motifs is 2. The third-order valence-corrected chi connectivity index (χ3v) is 18.1. The Kier molecular flexibility index (Phi) is 31.0. The molecular weight excluding hydrogens is 1330 g/mol. The fourth-order valence-corrected chi connectivity index (χ4v) is 12.7. The van der Waals surface area contributed by atoms with Crippen molar-refractivity contribution < 1.29 is 86.7 Å². The number of aliphatic hydroxyl groups is 1. The van der Waals surface area contributed by atoms with Gasteiger partial charge < -0.3 is 60.0 Å². The maximum atomic E-state index is 13.1. The number of benzene rings is 6. The Morgan fingerprint density at radius 3 is 1.42 bits per heavy atom. The van der Waals surface area contributed by atoms with Gasteiger partial charge in [-0.05, 0) is 184 Å². The summed E-state index contributed by atoms with van der Waals surface area (Å²) in [6.07, 6.45) is 16.8. The van der Waals surface area contributed by atoms with Crippen LogP contribution in [-0.4, -0.2) is 113 Å². The molecule has 0 bridgehead atoms. The maximum absolute atomic E-state index is 13.1. The van der Waals surface area contributed by atoms with Crippen molar-refractivity contribution in [2.24, 2.45) is 0 Å². The molecule has 4 saturated carbocycles. The first kappa shape index (κ1) is 77.7. The van der Waals surface area contributed by atoms with Crippen LogP contribution in [0.15, 0.2) is 152 Å². The molecule has 4 heterocycles. The van der Waals surface area contributed by atoms with E-state index in [2.05, 4.69) is 31.7 Å². The van der Waals surface area contributed by atoms with Crippen molar-refractivity contribution in [2.45, 2.75) is 170 Å². The topological polar surface area (TPSA) is 234 Å². The number of aromatic nitrogens is 2. The number of ether oxygens (including phenoxy) is 4. The van der Waals surface area contributed by atoms with E-state index in [1.165, 1.54) is 85.0 Å². The second-order valence-electron chi connectivity index (χ2n) is 24.8. The largest absolute Gasteiger partial charge is 2.00 e. The number of carbonyl (C=O) groups excluding carboxylic acids is 3. The van der Waals surface area contributed by atoms with Crippen LogP contribution < -0.4 is 39.3 Å². The van der Waals surface area contributed by atoms with E-state index >= 15 is 0 Å². The van der Waals surface area contributed by atoms with Crippen LogP contribution in [0.4, 0.5) is 17.6 Å². The molecule has 2 aromatic heterocycles. The predicted molar refractivity (Wildman–Crippen MR) is 355 cm³/mol. The zero-order valence-electron chi connectivity index (χ0n) is 54.8. The summed E-state index contributed by atoms with van der Waals surface area (Å²) < 4.78 is 82.8. The SMILES string of the molecule is CC(=O)ONCCCc1ccc2[nH]c(=O)oc2c1.Fc1cc[c-]cc1.O=C1CCC(c2ccc(F)cc2)CC1.O=C1CCC2(CC1)OCCO2.O=c1[nH]c2ccc(CCCNC3CCC(c4ccc(F)cc4)CC3)cc2o1.OC1(c2ccc(F)cc2)CCC2(CC1)OCCO2.[Br-].[Mg+2]. The number of hydroxylamine groups is 1. The van der Waals surface area contributed by atoms with E-state index in [-0.39, 0.29) is 75.1 Å². The molecule has 5 N–H and O–H groups in total. The van der Waals surface area contributed by atoms with Crippen LogP contribution in [-0.2, 0) is 56.6 Å². The van der Waals surface area contributed by atoms with Gasteiger partial charge in [-0.2, -0.15) is 23.7 Å². The van der Waals surface area contributed by atoms with E-state index in [1.54, 1.807) is 24.3 Å². The number of nitrogens with one attached hydrogen (secondary N) is 4. The Balaban J connectivity index is 0.000000170. The molecule has 6 aliphatic rings. The molecule has 17 nitrogen and oxygen atoms in total. The summed E-state index contributed by atoms with van der Waals surface area (Å²) in [4.78, 5) is 64.5. The van der Waals surface area contributed by atoms with Crippen LogP contribution in [0.5, 0.6) is 0 Å². The fourth-order valence-electron chi connectivity index (χ4n) is 12.7. The predicted octanol–water partition coefficient (Wildman–Crippen LogP) is 10.1. The number of rotatable bonds is 13. The zero-order valence-corrected chi connectivity index (χ0v) is 57.8. The number of hydrogen-bond donors (Lipinski definition) is 5. The van der Waals surface area contributed by atoms with Crippen molar-refractivity contribution in [3.8, 4) is 0 Å². The van der Waals surface area contributed by atoms with Gasteiger partial charge in [0.1, 0.15) is 29.0 Å². The molecule has 2 spiro atoms. The number of aryl methyl sites for hydroxylation is 2. The van der Waals surface area contributed by atoms with Gasteiger partial charge >= 0.3 is 40.5 Å². The molecule has 6 fully saturated rings. The molecule has 0 atom stereocenters. The zero-order chi connectivity index (χ0) is 67.1. The standard InChI is InChI=1S/C22H25FN2O2.C14H17FO3.C12H13FO.C12H14N2O4.C8H12O3.C6H4F.BrH.Mg/c23-18-8-4-16(5-9-18)17-6-10-19(11-7-17)24-13-1-2-15-3-12-20-21(14-15)27-22(26)25-20;15-12-3-1-11(2-4-12)13(16)5-7-14(8-6-13)17-9-10-18-14;13-11-5-1-9(2-6-11)10-3-7-12(14)8-4-10;1-8(15)18-13-6-2-3-9-4-5-10-11(7-9)17-12(16)14-10;9-7-1-3-8(4-2-7)10-5-6-11-8;7-6-4-2-1-3-5-6;;/h3-5,8-9,12,14,17,19,24H,1-2,6-7,10-11,13H2,(H,25,26);1-4,16H,5-10H2;1-2,5-6,10H,3-4,7-8H2;4-5,7,13H,2-3,6H2,1H3,(H,14,16);1-6H2;2-5H;1H;/q;;;;;-1;;+2/p-1. The van der Waals surface area contributed by atoms with Crippen LogP contribution in [0.3, 0.4) is 0 Å². The van der Waals surface area contributed by atoms with Gasteiger partial charge in [0.2, 0.25) is 0 Å². The number of ketones is 2. The average Bonchev–Trinajstić information content (AvgIpc) is 1.69. The Morgan fingerprint density at radius 1 is 0.546 bits per heavy atom. The fraction of sp³-hybridized carbons (Fsp3) is 0.446. The molecule has 2 saturated heterocycles. The molecule has 4 aliphatic carbocycles. The summed E-state index contributed by atoms with van der Waals surface area (Å²) >= 11 is 0. The van der Waals surface area contributed by atoms with Crippen LogP contribution in [0.25, 0.3) is 22.2 Å². The van der Waals surface area contributed by atoms with Gasteiger partial charge in [0.25, 0.3) is 0 Å². The molecule has 6 aromatic carbocycles. The van der Waals surface area contributed by atoms with Gasteiger partial charge in [-0.25, -0.2) is 27.2 Å². The minimum absolute atomic E-state index is 0. The van der Waals surface area contributed by atoms with Crippen LogP contribution in [0.2, 0.25) is 0 Å². The van der Waals surface area contributed by atoms with Crippen molar-refractivity contribution in [3.63, 3.8) is 0 Å². The first-order chi connectivity index (χ1) is 45.9.